The van der Waals surface area contributed by atoms with Crippen LogP contribution in [-0.4, -0.2) is 50.3 Å². The van der Waals surface area contributed by atoms with Crippen LogP contribution in [0.2, 0.25) is 0 Å². The fraction of sp³-hybridized carbons (Fsp3) is 0.429. The molecule has 2 aromatic carbocycles. The van der Waals surface area contributed by atoms with Crippen LogP contribution in [-0.2, 0) is 12.0 Å². The first-order valence-electron chi connectivity index (χ1n) is 12.3. The van der Waals surface area contributed by atoms with Gasteiger partial charge in [-0.05, 0) is 86.7 Å². The molecule has 2 N–H and O–H groups in total. The maximum absolute atomic E-state index is 10.0. The lowest BCUT2D eigenvalue weighted by molar-refractivity contribution is 0.0755. The Balaban J connectivity index is 1.36. The highest BCUT2D eigenvalue weighted by atomic mass is 32.1. The third kappa shape index (κ3) is 4.42. The molecule has 1 unspecified atom stereocenters. The van der Waals surface area contributed by atoms with E-state index < -0.39 is 0 Å². The minimum absolute atomic E-state index is 0.0416. The average Bonchev–Trinajstić information content (AvgIpc) is 3.40. The number of anilines is 1. The molecule has 1 saturated heterocycles. The predicted octanol–water partition coefficient (Wildman–Crippen LogP) is 5.17. The maximum atomic E-state index is 10.0. The van der Waals surface area contributed by atoms with Crippen molar-refractivity contribution in [3.63, 3.8) is 0 Å². The molecule has 2 aliphatic rings. The molecule has 0 bridgehead atoms. The van der Waals surface area contributed by atoms with Crippen molar-refractivity contribution in [1.82, 2.24) is 10.2 Å². The van der Waals surface area contributed by atoms with Gasteiger partial charge in [-0.25, -0.2) is 0 Å². The minimum Gasteiger partial charge on any atom is -0.508 e. The van der Waals surface area contributed by atoms with E-state index in [1.807, 2.05) is 19.2 Å². The normalized spacial score (nSPS) is 18.6. The van der Waals surface area contributed by atoms with E-state index in [1.165, 1.54) is 21.7 Å². The molecule has 0 saturated carbocycles. The van der Waals surface area contributed by atoms with Gasteiger partial charge in [0.1, 0.15) is 17.6 Å². The Morgan fingerprint density at radius 2 is 1.91 bits per heavy atom. The Kier molecular flexibility index (Phi) is 6.82. The van der Waals surface area contributed by atoms with E-state index in [2.05, 4.69) is 70.0 Å². The first-order chi connectivity index (χ1) is 16.6. The molecule has 34 heavy (non-hydrogen) atoms. The number of hydrogen-bond donors (Lipinski definition) is 2. The summed E-state index contributed by atoms with van der Waals surface area (Å²) in [5, 5.41) is 15.4. The quantitative estimate of drug-likeness (QED) is 0.492. The molecule has 5 rings (SSSR count). The lowest BCUT2D eigenvalue weighted by Crippen LogP contribution is -2.54. The van der Waals surface area contributed by atoms with E-state index in [1.54, 1.807) is 11.3 Å². The summed E-state index contributed by atoms with van der Waals surface area (Å²) in [5.41, 5.74) is 3.93. The van der Waals surface area contributed by atoms with Crippen molar-refractivity contribution in [2.75, 3.05) is 45.2 Å². The van der Waals surface area contributed by atoms with Crippen molar-refractivity contribution in [2.45, 2.75) is 37.3 Å². The van der Waals surface area contributed by atoms with Gasteiger partial charge in [0.2, 0.25) is 0 Å². The van der Waals surface area contributed by atoms with E-state index in [4.69, 9.17) is 4.74 Å². The van der Waals surface area contributed by atoms with Crippen LogP contribution < -0.4 is 15.0 Å². The lowest BCUT2D eigenvalue weighted by atomic mass is 9.74. The third-order valence-electron chi connectivity index (χ3n) is 7.62. The number of phenols is 1. The zero-order chi connectivity index (χ0) is 23.5. The molecule has 180 valence electrons. The van der Waals surface area contributed by atoms with Crippen molar-refractivity contribution >= 4 is 17.0 Å². The van der Waals surface area contributed by atoms with Crippen LogP contribution in [0, 0.1) is 0 Å². The second-order valence-corrected chi connectivity index (χ2v) is 10.5. The van der Waals surface area contributed by atoms with Crippen LogP contribution in [0.5, 0.6) is 11.5 Å². The molecule has 1 atom stereocenters. The number of nitrogens with one attached hydrogen (secondary N) is 1. The largest absolute Gasteiger partial charge is 0.508 e. The van der Waals surface area contributed by atoms with Crippen molar-refractivity contribution < 1.29 is 9.84 Å². The molecule has 1 spiro atoms. The van der Waals surface area contributed by atoms with Crippen LogP contribution in [0.3, 0.4) is 0 Å². The Bertz CT molecular complexity index is 1090. The molecule has 5 nitrogen and oxygen atoms in total. The zero-order valence-corrected chi connectivity index (χ0v) is 21.0. The SMILES string of the molecule is CNCCC(Oc1ccccc1N1CCC2(CC1)c1ccc(O)cc1CCN2C)c1cccs1. The van der Waals surface area contributed by atoms with Gasteiger partial charge in [-0.2, -0.15) is 0 Å². The van der Waals surface area contributed by atoms with Crippen molar-refractivity contribution in [1.29, 1.82) is 0 Å². The van der Waals surface area contributed by atoms with Crippen molar-refractivity contribution in [2.24, 2.45) is 0 Å². The number of para-hydroxylation sites is 2. The van der Waals surface area contributed by atoms with Gasteiger partial charge in [-0.3, -0.25) is 4.90 Å². The molecule has 3 aromatic rings. The highest BCUT2D eigenvalue weighted by Crippen LogP contribution is 2.45. The average molecular weight is 478 g/mol. The highest BCUT2D eigenvalue weighted by Gasteiger charge is 2.43. The Morgan fingerprint density at radius 3 is 2.68 bits per heavy atom. The summed E-state index contributed by atoms with van der Waals surface area (Å²) in [5.74, 6) is 1.34. The summed E-state index contributed by atoms with van der Waals surface area (Å²) in [4.78, 5) is 6.30. The second kappa shape index (κ2) is 9.98. The molecule has 0 amide bonds. The molecule has 3 heterocycles. The topological polar surface area (TPSA) is 48.0 Å². The number of hydrogen-bond acceptors (Lipinski definition) is 6. The number of nitrogens with zero attached hydrogens (tertiary/aromatic N) is 2. The fourth-order valence-corrected chi connectivity index (χ4v) is 6.49. The van der Waals surface area contributed by atoms with E-state index in [0.29, 0.717) is 5.75 Å². The maximum Gasteiger partial charge on any atom is 0.143 e. The number of fused-ring (bicyclic) bond motifs is 2. The number of aromatic hydroxyl groups is 1. The van der Waals surface area contributed by atoms with Gasteiger partial charge in [0.05, 0.1) is 5.69 Å². The molecule has 0 radical (unpaired) electrons. The summed E-state index contributed by atoms with van der Waals surface area (Å²) < 4.78 is 6.66. The van der Waals surface area contributed by atoms with E-state index in [9.17, 15) is 5.11 Å². The Hall–Kier alpha value is -2.54. The Labute approximate surface area is 207 Å². The van der Waals surface area contributed by atoms with Gasteiger partial charge in [-0.1, -0.05) is 24.3 Å². The molecular weight excluding hydrogens is 442 g/mol. The van der Waals surface area contributed by atoms with Crippen LogP contribution in [0.25, 0.3) is 0 Å². The van der Waals surface area contributed by atoms with Gasteiger partial charge in [-0.15, -0.1) is 11.3 Å². The van der Waals surface area contributed by atoms with Gasteiger partial charge in [0, 0.05) is 36.5 Å². The summed E-state index contributed by atoms with van der Waals surface area (Å²) in [6.07, 6.45) is 4.10. The highest BCUT2D eigenvalue weighted by molar-refractivity contribution is 7.10. The van der Waals surface area contributed by atoms with Crippen LogP contribution >= 0.6 is 11.3 Å². The second-order valence-electron chi connectivity index (χ2n) is 9.51. The van der Waals surface area contributed by atoms with Crippen molar-refractivity contribution in [3.05, 3.63) is 76.0 Å². The standard InChI is InChI=1S/C28H35N3O2S/c1-29-15-11-26(27-8-5-19-34-27)33-25-7-4-3-6-24(25)31-17-13-28(14-18-31)23-10-9-22(32)20-21(23)12-16-30(28)2/h3-10,19-20,26,29,32H,11-18H2,1-2H3. The molecule has 1 fully saturated rings. The minimum atomic E-state index is 0.0416. The van der Waals surface area contributed by atoms with Crippen LogP contribution in [0.1, 0.15) is 41.4 Å². The monoisotopic (exact) mass is 477 g/mol. The van der Waals surface area contributed by atoms with Gasteiger partial charge in [0.15, 0.2) is 0 Å². The molecule has 0 aliphatic carbocycles. The molecular formula is C28H35N3O2S. The van der Waals surface area contributed by atoms with Gasteiger partial charge in [0.25, 0.3) is 0 Å². The summed E-state index contributed by atoms with van der Waals surface area (Å²) in [6, 6.07) is 18.8. The first kappa shape index (κ1) is 23.2. The number of likely N-dealkylation sites (N-methyl/N-ethyl adjacent to an activating group) is 1. The van der Waals surface area contributed by atoms with Gasteiger partial charge < -0.3 is 20.1 Å². The summed E-state index contributed by atoms with van der Waals surface area (Å²) in [6.45, 7) is 3.90. The first-order valence-corrected chi connectivity index (χ1v) is 13.2. The number of benzene rings is 2. The number of piperidine rings is 1. The zero-order valence-electron chi connectivity index (χ0n) is 20.2. The fourth-order valence-electron chi connectivity index (χ4n) is 5.70. The predicted molar refractivity (Wildman–Crippen MR) is 140 cm³/mol. The van der Waals surface area contributed by atoms with E-state index in [-0.39, 0.29) is 11.6 Å². The van der Waals surface area contributed by atoms with E-state index >= 15 is 0 Å². The summed E-state index contributed by atoms with van der Waals surface area (Å²) >= 11 is 1.76. The van der Waals surface area contributed by atoms with Crippen LogP contribution in [0.4, 0.5) is 5.69 Å². The number of thiophene rings is 1. The third-order valence-corrected chi connectivity index (χ3v) is 8.58. The number of phenolic OH excluding ortho intramolecular Hbond substituents is 1. The summed E-state index contributed by atoms with van der Waals surface area (Å²) in [7, 11) is 4.25. The molecule has 2 aliphatic heterocycles. The van der Waals surface area contributed by atoms with Crippen molar-refractivity contribution in [3.8, 4) is 11.5 Å². The number of ether oxygens (including phenoxy) is 1. The molecule has 6 heteroatoms. The lowest BCUT2D eigenvalue weighted by Gasteiger charge is -2.51. The molecule has 1 aromatic heterocycles. The van der Waals surface area contributed by atoms with Crippen LogP contribution in [0.15, 0.2) is 60.0 Å². The number of rotatable bonds is 7. The smallest absolute Gasteiger partial charge is 0.143 e. The van der Waals surface area contributed by atoms with E-state index in [0.717, 1.165) is 57.6 Å². The Morgan fingerprint density at radius 1 is 1.09 bits per heavy atom. The van der Waals surface area contributed by atoms with Gasteiger partial charge >= 0.3 is 0 Å².